The number of thiophene rings is 1. The van der Waals surface area contributed by atoms with Gasteiger partial charge in [0.2, 0.25) is 0 Å². The SMILES string of the molecule is CCC(C)OC(=O)C(C)n1cnc2scc(-c3ccccc3)c2c1=O. The minimum absolute atomic E-state index is 0.177. The Labute approximate surface area is 149 Å². The number of hydrogen-bond acceptors (Lipinski definition) is 5. The van der Waals surface area contributed by atoms with Crippen LogP contribution >= 0.6 is 11.3 Å². The van der Waals surface area contributed by atoms with Crippen LogP contribution in [0.1, 0.15) is 33.2 Å². The van der Waals surface area contributed by atoms with Crippen molar-refractivity contribution in [3.8, 4) is 11.1 Å². The Morgan fingerprint density at radius 1 is 1.28 bits per heavy atom. The predicted molar refractivity (Wildman–Crippen MR) is 99.9 cm³/mol. The molecule has 0 spiro atoms. The first-order chi connectivity index (χ1) is 12.0. The van der Waals surface area contributed by atoms with Crippen LogP contribution < -0.4 is 5.56 Å². The van der Waals surface area contributed by atoms with E-state index in [9.17, 15) is 9.59 Å². The molecule has 2 heterocycles. The van der Waals surface area contributed by atoms with E-state index in [1.54, 1.807) is 6.92 Å². The first-order valence-corrected chi connectivity index (χ1v) is 9.15. The third-order valence-corrected chi connectivity index (χ3v) is 5.14. The van der Waals surface area contributed by atoms with Crippen LogP contribution in [0.4, 0.5) is 0 Å². The number of carbonyl (C=O) groups is 1. The summed E-state index contributed by atoms with van der Waals surface area (Å²) in [4.78, 5) is 30.3. The molecule has 0 aliphatic rings. The normalized spacial score (nSPS) is 13.6. The fraction of sp³-hybridized carbons (Fsp3) is 0.316. The summed E-state index contributed by atoms with van der Waals surface area (Å²) in [7, 11) is 0. The van der Waals surface area contributed by atoms with Gasteiger partial charge in [0.05, 0.1) is 17.8 Å². The zero-order chi connectivity index (χ0) is 18.0. The lowest BCUT2D eigenvalue weighted by Crippen LogP contribution is -2.31. The van der Waals surface area contributed by atoms with E-state index >= 15 is 0 Å². The zero-order valence-electron chi connectivity index (χ0n) is 14.4. The molecule has 2 unspecified atom stereocenters. The van der Waals surface area contributed by atoms with E-state index in [0.717, 1.165) is 17.5 Å². The van der Waals surface area contributed by atoms with Crippen LogP contribution in [0.2, 0.25) is 0 Å². The Bertz CT molecular complexity index is 946. The maximum atomic E-state index is 13.0. The summed E-state index contributed by atoms with van der Waals surface area (Å²) in [5.74, 6) is -0.422. The zero-order valence-corrected chi connectivity index (χ0v) is 15.2. The van der Waals surface area contributed by atoms with Crippen LogP contribution in [0, 0.1) is 0 Å². The van der Waals surface area contributed by atoms with Crippen molar-refractivity contribution in [3.63, 3.8) is 0 Å². The molecule has 0 fully saturated rings. The molecule has 0 saturated carbocycles. The van der Waals surface area contributed by atoms with E-state index in [0.29, 0.717) is 10.2 Å². The molecule has 3 rings (SSSR count). The molecule has 130 valence electrons. The molecule has 0 aliphatic heterocycles. The Morgan fingerprint density at radius 3 is 2.68 bits per heavy atom. The molecule has 0 bridgehead atoms. The lowest BCUT2D eigenvalue weighted by molar-refractivity contribution is -0.152. The summed E-state index contributed by atoms with van der Waals surface area (Å²) in [6, 6.07) is 8.99. The van der Waals surface area contributed by atoms with Crippen LogP contribution in [-0.2, 0) is 9.53 Å². The highest BCUT2D eigenvalue weighted by Crippen LogP contribution is 2.30. The number of carbonyl (C=O) groups excluding carboxylic acids is 1. The molecule has 2 aromatic heterocycles. The Morgan fingerprint density at radius 2 is 2.00 bits per heavy atom. The lowest BCUT2D eigenvalue weighted by Gasteiger charge is -2.17. The number of aromatic nitrogens is 2. The quantitative estimate of drug-likeness (QED) is 0.648. The summed E-state index contributed by atoms with van der Waals surface area (Å²) in [5.41, 5.74) is 1.58. The van der Waals surface area contributed by atoms with E-state index in [2.05, 4.69) is 4.98 Å². The number of esters is 1. The maximum absolute atomic E-state index is 13.0. The van der Waals surface area contributed by atoms with Gasteiger partial charge in [-0.2, -0.15) is 0 Å². The second-order valence-corrected chi connectivity index (χ2v) is 6.84. The van der Waals surface area contributed by atoms with Gasteiger partial charge in [0.25, 0.3) is 5.56 Å². The van der Waals surface area contributed by atoms with Gasteiger partial charge in [0.15, 0.2) is 0 Å². The number of ether oxygens (including phenoxy) is 1. The molecular formula is C19H20N2O3S. The van der Waals surface area contributed by atoms with Crippen molar-refractivity contribution in [2.45, 2.75) is 39.3 Å². The van der Waals surface area contributed by atoms with Gasteiger partial charge in [0, 0.05) is 10.9 Å². The number of nitrogens with zero attached hydrogens (tertiary/aromatic N) is 2. The van der Waals surface area contributed by atoms with E-state index in [4.69, 9.17) is 4.74 Å². The molecule has 0 amide bonds. The molecule has 0 aliphatic carbocycles. The fourth-order valence-electron chi connectivity index (χ4n) is 2.55. The van der Waals surface area contributed by atoms with Crippen molar-refractivity contribution in [3.05, 3.63) is 52.4 Å². The molecular weight excluding hydrogens is 336 g/mol. The first kappa shape index (κ1) is 17.4. The third-order valence-electron chi connectivity index (χ3n) is 4.25. The van der Waals surface area contributed by atoms with E-state index in [-0.39, 0.29) is 11.7 Å². The number of benzene rings is 1. The Kier molecular flexibility index (Phi) is 4.99. The molecule has 2 atom stereocenters. The molecule has 3 aromatic rings. The number of rotatable bonds is 5. The maximum Gasteiger partial charge on any atom is 0.329 e. The van der Waals surface area contributed by atoms with Gasteiger partial charge in [-0.15, -0.1) is 11.3 Å². The second-order valence-electron chi connectivity index (χ2n) is 5.98. The van der Waals surface area contributed by atoms with Gasteiger partial charge in [0.1, 0.15) is 10.9 Å². The standard InChI is InChI=1S/C19H20N2O3S/c1-4-12(2)24-19(23)13(3)21-11-20-17-16(18(21)22)15(10-25-17)14-8-6-5-7-9-14/h5-13H,4H2,1-3H3. The summed E-state index contributed by atoms with van der Waals surface area (Å²) in [6.45, 7) is 5.44. The molecule has 6 heteroatoms. The van der Waals surface area contributed by atoms with Gasteiger partial charge in [-0.1, -0.05) is 37.3 Å². The number of hydrogen-bond donors (Lipinski definition) is 0. The second kappa shape index (κ2) is 7.19. The predicted octanol–water partition coefficient (Wildman–Crippen LogP) is 4.03. The van der Waals surface area contributed by atoms with Gasteiger partial charge in [-0.25, -0.2) is 9.78 Å². The third kappa shape index (κ3) is 3.35. The van der Waals surface area contributed by atoms with Crippen LogP contribution in [0.15, 0.2) is 46.8 Å². The van der Waals surface area contributed by atoms with E-state index < -0.39 is 12.0 Å². The minimum atomic E-state index is -0.720. The lowest BCUT2D eigenvalue weighted by atomic mass is 10.1. The highest BCUT2D eigenvalue weighted by molar-refractivity contribution is 7.17. The smallest absolute Gasteiger partial charge is 0.329 e. The van der Waals surface area contributed by atoms with Crippen LogP contribution in [0.3, 0.4) is 0 Å². The van der Waals surface area contributed by atoms with Crippen molar-refractivity contribution >= 4 is 27.5 Å². The monoisotopic (exact) mass is 356 g/mol. The van der Waals surface area contributed by atoms with Gasteiger partial charge in [-0.05, 0) is 25.8 Å². The highest BCUT2D eigenvalue weighted by Gasteiger charge is 2.22. The topological polar surface area (TPSA) is 61.2 Å². The van der Waals surface area contributed by atoms with Crippen molar-refractivity contribution < 1.29 is 9.53 Å². The van der Waals surface area contributed by atoms with Crippen molar-refractivity contribution in [2.75, 3.05) is 0 Å². The average molecular weight is 356 g/mol. The van der Waals surface area contributed by atoms with Crippen molar-refractivity contribution in [2.24, 2.45) is 0 Å². The molecule has 25 heavy (non-hydrogen) atoms. The Balaban J connectivity index is 2.05. The van der Waals surface area contributed by atoms with Crippen LogP contribution in [0.5, 0.6) is 0 Å². The molecule has 5 nitrogen and oxygen atoms in total. The van der Waals surface area contributed by atoms with Gasteiger partial charge >= 0.3 is 5.97 Å². The largest absolute Gasteiger partial charge is 0.461 e. The van der Waals surface area contributed by atoms with Gasteiger partial charge in [-0.3, -0.25) is 9.36 Å². The van der Waals surface area contributed by atoms with Crippen molar-refractivity contribution in [1.29, 1.82) is 0 Å². The van der Waals surface area contributed by atoms with Crippen molar-refractivity contribution in [1.82, 2.24) is 9.55 Å². The number of fused-ring (bicyclic) bond motifs is 1. The Hall–Kier alpha value is -2.47. The highest BCUT2D eigenvalue weighted by atomic mass is 32.1. The fourth-order valence-corrected chi connectivity index (χ4v) is 3.45. The molecule has 0 saturated heterocycles. The molecule has 0 radical (unpaired) electrons. The first-order valence-electron chi connectivity index (χ1n) is 8.27. The van der Waals surface area contributed by atoms with Crippen LogP contribution in [-0.4, -0.2) is 21.6 Å². The summed E-state index contributed by atoms with van der Waals surface area (Å²) >= 11 is 1.43. The minimum Gasteiger partial charge on any atom is -0.461 e. The summed E-state index contributed by atoms with van der Waals surface area (Å²) < 4.78 is 6.71. The van der Waals surface area contributed by atoms with E-state index in [1.165, 1.54) is 22.2 Å². The van der Waals surface area contributed by atoms with Crippen LogP contribution in [0.25, 0.3) is 21.3 Å². The van der Waals surface area contributed by atoms with E-state index in [1.807, 2.05) is 49.6 Å². The average Bonchev–Trinajstić information content (AvgIpc) is 3.07. The molecule has 0 N–H and O–H groups in total. The van der Waals surface area contributed by atoms with Gasteiger partial charge < -0.3 is 4.74 Å². The molecule has 1 aromatic carbocycles. The summed E-state index contributed by atoms with van der Waals surface area (Å²) in [6.07, 6.45) is 1.98. The summed E-state index contributed by atoms with van der Waals surface area (Å²) in [5, 5.41) is 2.47.